The highest BCUT2D eigenvalue weighted by Crippen LogP contribution is 2.28. The molecule has 2 aromatic rings. The number of methoxy groups -OCH3 is 1. The fourth-order valence-electron chi connectivity index (χ4n) is 1.30. The molecule has 0 aliphatic rings. The van der Waals surface area contributed by atoms with Gasteiger partial charge in [0.1, 0.15) is 11.6 Å². The number of halogens is 2. The SMILES string of the molecule is COc1cc(Br)c2c(C#N)cnn2c1F. The van der Waals surface area contributed by atoms with Crippen LogP contribution in [0.5, 0.6) is 5.75 Å². The summed E-state index contributed by atoms with van der Waals surface area (Å²) in [5.74, 6) is -0.556. The van der Waals surface area contributed by atoms with Gasteiger partial charge in [-0.3, -0.25) is 0 Å². The Morgan fingerprint density at radius 2 is 2.40 bits per heavy atom. The zero-order chi connectivity index (χ0) is 11.0. The first-order chi connectivity index (χ1) is 7.19. The van der Waals surface area contributed by atoms with Gasteiger partial charge in [0, 0.05) is 10.5 Å². The lowest BCUT2D eigenvalue weighted by Crippen LogP contribution is -1.99. The van der Waals surface area contributed by atoms with E-state index in [0.717, 1.165) is 4.52 Å². The number of fused-ring (bicyclic) bond motifs is 1. The molecule has 0 unspecified atom stereocenters. The summed E-state index contributed by atoms with van der Waals surface area (Å²) in [4.78, 5) is 0. The highest BCUT2D eigenvalue weighted by Gasteiger charge is 2.15. The fourth-order valence-corrected chi connectivity index (χ4v) is 1.89. The smallest absolute Gasteiger partial charge is 0.257 e. The van der Waals surface area contributed by atoms with E-state index in [1.165, 1.54) is 19.4 Å². The van der Waals surface area contributed by atoms with Crippen molar-refractivity contribution in [2.45, 2.75) is 0 Å². The van der Waals surface area contributed by atoms with Crippen LogP contribution in [0.25, 0.3) is 5.52 Å². The number of rotatable bonds is 1. The number of hydrogen-bond acceptors (Lipinski definition) is 3. The molecule has 0 aliphatic heterocycles. The molecule has 0 radical (unpaired) electrons. The van der Waals surface area contributed by atoms with Crippen LogP contribution in [0.4, 0.5) is 4.39 Å². The lowest BCUT2D eigenvalue weighted by atomic mass is 10.3. The van der Waals surface area contributed by atoms with Gasteiger partial charge < -0.3 is 4.74 Å². The Labute approximate surface area is 93.0 Å². The lowest BCUT2D eigenvalue weighted by Gasteiger charge is -2.05. The number of ether oxygens (including phenoxy) is 1. The van der Waals surface area contributed by atoms with Gasteiger partial charge in [0.25, 0.3) is 5.95 Å². The van der Waals surface area contributed by atoms with E-state index in [4.69, 9.17) is 10.00 Å². The van der Waals surface area contributed by atoms with Crippen LogP contribution in [0.1, 0.15) is 5.56 Å². The molecule has 0 aromatic carbocycles. The van der Waals surface area contributed by atoms with Crippen molar-refractivity contribution in [2.75, 3.05) is 7.11 Å². The molecule has 0 bridgehead atoms. The van der Waals surface area contributed by atoms with Crippen molar-refractivity contribution in [2.24, 2.45) is 0 Å². The van der Waals surface area contributed by atoms with Crippen molar-refractivity contribution in [1.29, 1.82) is 5.26 Å². The van der Waals surface area contributed by atoms with Gasteiger partial charge in [-0.25, -0.2) is 4.52 Å². The fraction of sp³-hybridized carbons (Fsp3) is 0.111. The predicted molar refractivity (Wildman–Crippen MR) is 54.1 cm³/mol. The summed E-state index contributed by atoms with van der Waals surface area (Å²) in [6.07, 6.45) is 1.31. The van der Waals surface area contributed by atoms with Crippen molar-refractivity contribution < 1.29 is 9.13 Å². The molecule has 6 heteroatoms. The minimum Gasteiger partial charge on any atom is -0.492 e. The van der Waals surface area contributed by atoms with Crippen LogP contribution in [0.3, 0.4) is 0 Å². The van der Waals surface area contributed by atoms with Crippen molar-refractivity contribution >= 4 is 21.4 Å². The molecule has 2 heterocycles. The minimum absolute atomic E-state index is 0.0713. The molecule has 2 aromatic heterocycles. The van der Waals surface area contributed by atoms with Crippen LogP contribution in [0, 0.1) is 17.3 Å². The summed E-state index contributed by atoms with van der Waals surface area (Å²) >= 11 is 3.23. The summed E-state index contributed by atoms with van der Waals surface area (Å²) in [6, 6.07) is 3.40. The van der Waals surface area contributed by atoms with Crippen molar-refractivity contribution in [3.05, 3.63) is 28.2 Å². The number of aromatic nitrogens is 2. The molecule has 4 nitrogen and oxygen atoms in total. The van der Waals surface area contributed by atoms with Gasteiger partial charge in [0.2, 0.25) is 0 Å². The summed E-state index contributed by atoms with van der Waals surface area (Å²) in [5.41, 5.74) is 0.708. The Hall–Kier alpha value is -1.61. The maximum atomic E-state index is 13.6. The average molecular weight is 270 g/mol. The van der Waals surface area contributed by atoms with E-state index < -0.39 is 5.95 Å². The van der Waals surface area contributed by atoms with E-state index in [2.05, 4.69) is 21.0 Å². The summed E-state index contributed by atoms with van der Waals surface area (Å²) in [7, 11) is 1.37. The molecule has 0 N–H and O–H groups in total. The summed E-state index contributed by atoms with van der Waals surface area (Å²) < 4.78 is 20.1. The first-order valence-electron chi connectivity index (χ1n) is 3.99. The zero-order valence-corrected chi connectivity index (χ0v) is 9.25. The number of nitriles is 1. The number of pyridine rings is 1. The monoisotopic (exact) mass is 269 g/mol. The van der Waals surface area contributed by atoms with E-state index in [-0.39, 0.29) is 5.75 Å². The third-order valence-corrected chi connectivity index (χ3v) is 2.59. The maximum Gasteiger partial charge on any atom is 0.257 e. The number of nitrogens with zero attached hydrogens (tertiary/aromatic N) is 3. The molecule has 0 saturated heterocycles. The van der Waals surface area contributed by atoms with Gasteiger partial charge >= 0.3 is 0 Å². The first-order valence-corrected chi connectivity index (χ1v) is 4.78. The molecular weight excluding hydrogens is 265 g/mol. The third-order valence-electron chi connectivity index (χ3n) is 1.98. The molecule has 0 spiro atoms. The third kappa shape index (κ3) is 1.36. The predicted octanol–water partition coefficient (Wildman–Crippen LogP) is 2.12. The molecule has 0 atom stereocenters. The van der Waals surface area contributed by atoms with Gasteiger partial charge in [0.15, 0.2) is 5.75 Å². The normalized spacial score (nSPS) is 10.3. The Morgan fingerprint density at radius 1 is 1.67 bits per heavy atom. The van der Waals surface area contributed by atoms with Crippen LogP contribution >= 0.6 is 15.9 Å². The quantitative estimate of drug-likeness (QED) is 0.746. The van der Waals surface area contributed by atoms with Crippen molar-refractivity contribution in [3.8, 4) is 11.8 Å². The van der Waals surface area contributed by atoms with Gasteiger partial charge in [-0.15, -0.1) is 0 Å². The van der Waals surface area contributed by atoms with Gasteiger partial charge in [-0.1, -0.05) is 0 Å². The van der Waals surface area contributed by atoms with E-state index >= 15 is 0 Å². The summed E-state index contributed by atoms with van der Waals surface area (Å²) in [5, 5.41) is 12.6. The molecule has 15 heavy (non-hydrogen) atoms. The second kappa shape index (κ2) is 3.51. The van der Waals surface area contributed by atoms with Crippen LogP contribution in [-0.4, -0.2) is 16.7 Å². The van der Waals surface area contributed by atoms with E-state index in [9.17, 15) is 4.39 Å². The average Bonchev–Trinajstić information content (AvgIpc) is 2.67. The standard InChI is InChI=1S/C9H5BrFN3O/c1-15-7-2-6(10)8-5(3-12)4-13-14(8)9(7)11/h2,4H,1H3. The van der Waals surface area contributed by atoms with Gasteiger partial charge in [0.05, 0.1) is 18.9 Å². The molecule has 0 saturated carbocycles. The maximum absolute atomic E-state index is 13.6. The second-order valence-corrected chi connectivity index (χ2v) is 3.64. The van der Waals surface area contributed by atoms with Crippen molar-refractivity contribution in [1.82, 2.24) is 9.61 Å². The zero-order valence-electron chi connectivity index (χ0n) is 7.66. The van der Waals surface area contributed by atoms with Crippen molar-refractivity contribution in [3.63, 3.8) is 0 Å². The van der Waals surface area contributed by atoms with Gasteiger partial charge in [-0.2, -0.15) is 14.8 Å². The van der Waals surface area contributed by atoms with Crippen LogP contribution in [-0.2, 0) is 0 Å². The van der Waals surface area contributed by atoms with E-state index in [1.807, 2.05) is 6.07 Å². The van der Waals surface area contributed by atoms with Gasteiger partial charge in [-0.05, 0) is 15.9 Å². The first kappa shape index (κ1) is 9.93. The Kier molecular flexibility index (Phi) is 2.32. The lowest BCUT2D eigenvalue weighted by molar-refractivity contribution is 0.370. The van der Waals surface area contributed by atoms with Crippen LogP contribution in [0.2, 0.25) is 0 Å². The minimum atomic E-state index is -0.628. The molecule has 2 rings (SSSR count). The van der Waals surface area contributed by atoms with Crippen LogP contribution in [0.15, 0.2) is 16.7 Å². The Bertz CT molecular complexity index is 573. The molecule has 0 amide bonds. The van der Waals surface area contributed by atoms with E-state index in [1.54, 1.807) is 0 Å². The Balaban J connectivity index is 2.90. The topological polar surface area (TPSA) is 50.3 Å². The molecule has 76 valence electrons. The highest BCUT2D eigenvalue weighted by molar-refractivity contribution is 9.10. The number of hydrogen-bond donors (Lipinski definition) is 0. The summed E-state index contributed by atoms with van der Waals surface area (Å²) in [6.45, 7) is 0. The highest BCUT2D eigenvalue weighted by atomic mass is 79.9. The Morgan fingerprint density at radius 3 is 3.00 bits per heavy atom. The van der Waals surface area contributed by atoms with E-state index in [0.29, 0.717) is 15.6 Å². The largest absolute Gasteiger partial charge is 0.492 e. The molecule has 0 aliphatic carbocycles. The molecular formula is C9H5BrFN3O. The second-order valence-electron chi connectivity index (χ2n) is 2.78. The van der Waals surface area contributed by atoms with Crippen LogP contribution < -0.4 is 4.74 Å². The molecule has 0 fully saturated rings.